The van der Waals surface area contributed by atoms with Crippen molar-refractivity contribution in [3.63, 3.8) is 0 Å². The minimum atomic E-state index is -0.334. The molecule has 1 N–H and O–H groups in total. The van der Waals surface area contributed by atoms with Crippen molar-refractivity contribution in [1.29, 1.82) is 0 Å². The molecule has 2 rings (SSSR count). The molecule has 2 aromatic carbocycles. The number of rotatable bonds is 6. The number of hydrogen-bond acceptors (Lipinski definition) is 4. The molecular weight excluding hydrogens is 278 g/mol. The lowest BCUT2D eigenvalue weighted by molar-refractivity contribution is 0.0601. The summed E-state index contributed by atoms with van der Waals surface area (Å²) in [5.74, 6) is 0.520. The van der Waals surface area contributed by atoms with Crippen LogP contribution < -0.4 is 10.1 Å². The van der Waals surface area contributed by atoms with E-state index < -0.39 is 0 Å². The van der Waals surface area contributed by atoms with Crippen LogP contribution in [0, 0.1) is 13.8 Å². The molecule has 0 aliphatic heterocycles. The number of carbonyl (C=O) groups is 1. The first-order valence-electron chi connectivity index (χ1n) is 7.22. The zero-order valence-electron chi connectivity index (χ0n) is 13.2. The summed E-state index contributed by atoms with van der Waals surface area (Å²) >= 11 is 0. The summed E-state index contributed by atoms with van der Waals surface area (Å²) in [5, 5.41) is 3.28. The lowest BCUT2D eigenvalue weighted by atomic mass is 10.1. The molecule has 0 bridgehead atoms. The van der Waals surface area contributed by atoms with Crippen LogP contribution in [-0.4, -0.2) is 26.2 Å². The largest absolute Gasteiger partial charge is 0.492 e. The number of anilines is 1. The van der Waals surface area contributed by atoms with E-state index in [1.54, 1.807) is 12.1 Å². The molecule has 22 heavy (non-hydrogen) atoms. The lowest BCUT2D eigenvalue weighted by Crippen LogP contribution is -2.13. The van der Waals surface area contributed by atoms with E-state index in [9.17, 15) is 4.79 Å². The average molecular weight is 299 g/mol. The summed E-state index contributed by atoms with van der Waals surface area (Å²) in [4.78, 5) is 11.5. The molecule has 0 radical (unpaired) electrons. The Morgan fingerprint density at radius 1 is 1.09 bits per heavy atom. The maximum absolute atomic E-state index is 11.5. The summed E-state index contributed by atoms with van der Waals surface area (Å²) in [6, 6.07) is 13.4. The molecule has 0 aliphatic rings. The molecule has 0 heterocycles. The van der Waals surface area contributed by atoms with Crippen molar-refractivity contribution < 1.29 is 14.3 Å². The van der Waals surface area contributed by atoms with Gasteiger partial charge in [-0.15, -0.1) is 0 Å². The third-order valence-electron chi connectivity index (χ3n) is 3.37. The Hall–Kier alpha value is -2.49. The van der Waals surface area contributed by atoms with Crippen molar-refractivity contribution in [2.75, 3.05) is 25.6 Å². The van der Waals surface area contributed by atoms with Gasteiger partial charge in [-0.05, 0) is 43.7 Å². The van der Waals surface area contributed by atoms with Gasteiger partial charge in [0, 0.05) is 12.2 Å². The third-order valence-corrected chi connectivity index (χ3v) is 3.37. The van der Waals surface area contributed by atoms with Gasteiger partial charge >= 0.3 is 5.97 Å². The van der Waals surface area contributed by atoms with Crippen molar-refractivity contribution >= 4 is 11.7 Å². The van der Waals surface area contributed by atoms with E-state index in [4.69, 9.17) is 9.47 Å². The van der Waals surface area contributed by atoms with Gasteiger partial charge in [0.2, 0.25) is 0 Å². The predicted octanol–water partition coefficient (Wildman–Crippen LogP) is 3.58. The highest BCUT2D eigenvalue weighted by Crippen LogP contribution is 2.17. The molecule has 0 fully saturated rings. The SMILES string of the molecule is COC(=O)c1ccc(C)c(NCCOc2ccc(C)cc2)c1. The van der Waals surface area contributed by atoms with Crippen LogP contribution in [0.15, 0.2) is 42.5 Å². The van der Waals surface area contributed by atoms with Gasteiger partial charge in [-0.2, -0.15) is 0 Å². The van der Waals surface area contributed by atoms with Gasteiger partial charge in [-0.3, -0.25) is 0 Å². The standard InChI is InChI=1S/C18H21NO3/c1-13-4-8-16(9-5-13)22-11-10-19-17-12-15(18(20)21-3)7-6-14(17)2/h4-9,12,19H,10-11H2,1-3H3. The fraction of sp³-hybridized carbons (Fsp3) is 0.278. The summed E-state index contributed by atoms with van der Waals surface area (Å²) < 4.78 is 10.4. The average Bonchev–Trinajstić information content (AvgIpc) is 2.54. The Bertz CT molecular complexity index is 635. The number of aryl methyl sites for hydroxylation is 2. The first-order chi connectivity index (χ1) is 10.6. The fourth-order valence-corrected chi connectivity index (χ4v) is 2.05. The molecule has 0 saturated heterocycles. The Kier molecular flexibility index (Phi) is 5.42. The number of esters is 1. The number of hydrogen-bond donors (Lipinski definition) is 1. The van der Waals surface area contributed by atoms with Crippen molar-refractivity contribution in [2.45, 2.75) is 13.8 Å². The predicted molar refractivity (Wildman–Crippen MR) is 87.7 cm³/mol. The quantitative estimate of drug-likeness (QED) is 0.654. The second-order valence-electron chi connectivity index (χ2n) is 5.11. The van der Waals surface area contributed by atoms with E-state index in [-0.39, 0.29) is 5.97 Å². The molecule has 0 unspecified atom stereocenters. The van der Waals surface area contributed by atoms with Crippen molar-refractivity contribution in [1.82, 2.24) is 0 Å². The highest BCUT2D eigenvalue weighted by atomic mass is 16.5. The monoisotopic (exact) mass is 299 g/mol. The first kappa shape index (κ1) is 15.9. The number of nitrogens with one attached hydrogen (secondary N) is 1. The summed E-state index contributed by atoms with van der Waals surface area (Å²) in [5.41, 5.74) is 3.73. The van der Waals surface area contributed by atoms with Crippen molar-refractivity contribution in [2.24, 2.45) is 0 Å². The molecule has 0 aliphatic carbocycles. The van der Waals surface area contributed by atoms with Crippen LogP contribution in [0.25, 0.3) is 0 Å². The second kappa shape index (κ2) is 7.50. The van der Waals surface area contributed by atoms with Crippen LogP contribution in [0.2, 0.25) is 0 Å². The first-order valence-corrected chi connectivity index (χ1v) is 7.22. The van der Waals surface area contributed by atoms with Crippen LogP contribution in [0.4, 0.5) is 5.69 Å². The topological polar surface area (TPSA) is 47.6 Å². The molecule has 116 valence electrons. The van der Waals surface area contributed by atoms with Gasteiger partial charge in [0.05, 0.1) is 12.7 Å². The highest BCUT2D eigenvalue weighted by Gasteiger charge is 2.07. The van der Waals surface area contributed by atoms with Gasteiger partial charge in [0.1, 0.15) is 12.4 Å². The van der Waals surface area contributed by atoms with E-state index in [1.807, 2.05) is 44.2 Å². The summed E-state index contributed by atoms with van der Waals surface area (Å²) in [6.45, 7) is 5.23. The highest BCUT2D eigenvalue weighted by molar-refractivity contribution is 5.90. The van der Waals surface area contributed by atoms with Crippen LogP contribution in [0.1, 0.15) is 21.5 Å². The number of benzene rings is 2. The molecule has 4 nitrogen and oxygen atoms in total. The van der Waals surface area contributed by atoms with Gasteiger partial charge < -0.3 is 14.8 Å². The summed E-state index contributed by atoms with van der Waals surface area (Å²) in [7, 11) is 1.38. The Labute approximate surface area is 131 Å². The molecule has 0 amide bonds. The molecule has 0 saturated carbocycles. The maximum Gasteiger partial charge on any atom is 0.337 e. The molecule has 4 heteroatoms. The van der Waals surface area contributed by atoms with E-state index >= 15 is 0 Å². The van der Waals surface area contributed by atoms with E-state index in [0.717, 1.165) is 17.0 Å². The fourth-order valence-electron chi connectivity index (χ4n) is 2.05. The molecule has 0 spiro atoms. The van der Waals surface area contributed by atoms with Gasteiger partial charge in [0.15, 0.2) is 0 Å². The van der Waals surface area contributed by atoms with Crippen LogP contribution >= 0.6 is 0 Å². The minimum absolute atomic E-state index is 0.334. The Morgan fingerprint density at radius 2 is 1.82 bits per heavy atom. The summed E-state index contributed by atoms with van der Waals surface area (Å²) in [6.07, 6.45) is 0. The van der Waals surface area contributed by atoms with Gasteiger partial charge in [-0.1, -0.05) is 23.8 Å². The van der Waals surface area contributed by atoms with Gasteiger partial charge in [0.25, 0.3) is 0 Å². The van der Waals surface area contributed by atoms with Crippen LogP contribution in [-0.2, 0) is 4.74 Å². The molecule has 2 aromatic rings. The van der Waals surface area contributed by atoms with E-state index in [0.29, 0.717) is 18.7 Å². The Morgan fingerprint density at radius 3 is 2.50 bits per heavy atom. The zero-order valence-corrected chi connectivity index (χ0v) is 13.2. The normalized spacial score (nSPS) is 10.1. The van der Waals surface area contributed by atoms with Gasteiger partial charge in [-0.25, -0.2) is 4.79 Å². The lowest BCUT2D eigenvalue weighted by Gasteiger charge is -2.12. The van der Waals surface area contributed by atoms with E-state index in [1.165, 1.54) is 12.7 Å². The number of ether oxygens (including phenoxy) is 2. The number of methoxy groups -OCH3 is 1. The van der Waals surface area contributed by atoms with Crippen molar-refractivity contribution in [3.05, 3.63) is 59.2 Å². The maximum atomic E-state index is 11.5. The molecule has 0 aromatic heterocycles. The Balaban J connectivity index is 1.88. The van der Waals surface area contributed by atoms with E-state index in [2.05, 4.69) is 5.32 Å². The smallest absolute Gasteiger partial charge is 0.337 e. The minimum Gasteiger partial charge on any atom is -0.492 e. The zero-order chi connectivity index (χ0) is 15.9. The van der Waals surface area contributed by atoms with Crippen LogP contribution in [0.3, 0.4) is 0 Å². The van der Waals surface area contributed by atoms with Crippen LogP contribution in [0.5, 0.6) is 5.75 Å². The second-order valence-corrected chi connectivity index (χ2v) is 5.11. The molecule has 0 atom stereocenters. The molecular formula is C18H21NO3. The third kappa shape index (κ3) is 4.25. The van der Waals surface area contributed by atoms with Crippen molar-refractivity contribution in [3.8, 4) is 5.75 Å². The number of carbonyl (C=O) groups excluding carboxylic acids is 1.